The molecule has 0 N–H and O–H groups in total. The van der Waals surface area contributed by atoms with Crippen molar-refractivity contribution < 1.29 is 4.79 Å². The quantitative estimate of drug-likeness (QED) is 0.684. The second-order valence-corrected chi connectivity index (χ2v) is 4.24. The highest BCUT2D eigenvalue weighted by atomic mass is 16.1. The van der Waals surface area contributed by atoms with Crippen molar-refractivity contribution >= 4 is 11.9 Å². The van der Waals surface area contributed by atoms with Gasteiger partial charge >= 0.3 is 0 Å². The third-order valence-electron chi connectivity index (χ3n) is 2.94. The van der Waals surface area contributed by atoms with Crippen LogP contribution in [-0.2, 0) is 11.2 Å². The van der Waals surface area contributed by atoms with Crippen molar-refractivity contribution in [2.75, 3.05) is 0 Å². The van der Waals surface area contributed by atoms with Gasteiger partial charge in [0.25, 0.3) is 0 Å². The molecule has 1 aliphatic carbocycles. The minimum Gasteiger partial charge on any atom is -0.303 e. The van der Waals surface area contributed by atoms with E-state index in [2.05, 4.69) is 30.3 Å². The van der Waals surface area contributed by atoms with Crippen LogP contribution in [0.5, 0.6) is 0 Å². The number of rotatable bonds is 3. The number of benzene rings is 1. The summed E-state index contributed by atoms with van der Waals surface area (Å²) in [6.07, 6.45) is 6.44. The molecule has 1 aromatic rings. The molecule has 1 unspecified atom stereocenters. The minimum absolute atomic E-state index is 0.127. The molecule has 1 heteroatoms. The molecule has 0 bridgehead atoms. The van der Waals surface area contributed by atoms with Gasteiger partial charge in [0, 0.05) is 5.92 Å². The SMILES string of the molecule is CC(C=O)CC1=CCCc2ccccc21. The Morgan fingerprint density at radius 2 is 2.20 bits per heavy atom. The lowest BCUT2D eigenvalue weighted by molar-refractivity contribution is -0.110. The summed E-state index contributed by atoms with van der Waals surface area (Å²) in [5.74, 6) is 0.127. The summed E-state index contributed by atoms with van der Waals surface area (Å²) in [6.45, 7) is 1.98. The van der Waals surface area contributed by atoms with Gasteiger partial charge in [-0.1, -0.05) is 37.3 Å². The third kappa shape index (κ3) is 2.17. The maximum atomic E-state index is 10.7. The first-order valence-corrected chi connectivity index (χ1v) is 5.54. The zero-order valence-electron chi connectivity index (χ0n) is 9.07. The summed E-state index contributed by atoms with van der Waals surface area (Å²) < 4.78 is 0. The molecule has 0 fully saturated rings. The van der Waals surface area contributed by atoms with E-state index in [1.54, 1.807) is 0 Å². The molecular formula is C14H16O. The number of fused-ring (bicyclic) bond motifs is 1. The van der Waals surface area contributed by atoms with Crippen molar-refractivity contribution in [3.8, 4) is 0 Å². The van der Waals surface area contributed by atoms with E-state index < -0.39 is 0 Å². The van der Waals surface area contributed by atoms with E-state index in [-0.39, 0.29) is 5.92 Å². The van der Waals surface area contributed by atoms with Gasteiger partial charge < -0.3 is 4.79 Å². The Bertz CT molecular complexity index is 390. The van der Waals surface area contributed by atoms with Crippen LogP contribution >= 0.6 is 0 Å². The van der Waals surface area contributed by atoms with Gasteiger partial charge in [-0.2, -0.15) is 0 Å². The third-order valence-corrected chi connectivity index (χ3v) is 2.94. The smallest absolute Gasteiger partial charge is 0.123 e. The highest BCUT2D eigenvalue weighted by Crippen LogP contribution is 2.30. The summed E-state index contributed by atoms with van der Waals surface area (Å²) in [7, 11) is 0. The molecular weight excluding hydrogens is 184 g/mol. The van der Waals surface area contributed by atoms with E-state index in [1.807, 2.05) is 6.92 Å². The number of aldehydes is 1. The highest BCUT2D eigenvalue weighted by Gasteiger charge is 2.13. The maximum Gasteiger partial charge on any atom is 0.123 e. The number of hydrogen-bond acceptors (Lipinski definition) is 1. The summed E-state index contributed by atoms with van der Waals surface area (Å²) in [4.78, 5) is 10.7. The molecule has 1 aromatic carbocycles. The maximum absolute atomic E-state index is 10.7. The van der Waals surface area contributed by atoms with E-state index >= 15 is 0 Å². The zero-order chi connectivity index (χ0) is 10.7. The number of carbonyl (C=O) groups excluding carboxylic acids is 1. The van der Waals surface area contributed by atoms with Gasteiger partial charge in [-0.25, -0.2) is 0 Å². The molecule has 0 amide bonds. The number of aryl methyl sites for hydroxylation is 1. The monoisotopic (exact) mass is 200 g/mol. The van der Waals surface area contributed by atoms with Gasteiger partial charge in [0.2, 0.25) is 0 Å². The van der Waals surface area contributed by atoms with Gasteiger partial charge in [0.05, 0.1) is 0 Å². The number of allylic oxidation sites excluding steroid dienone is 2. The first-order chi connectivity index (χ1) is 7.31. The summed E-state index contributed by atoms with van der Waals surface area (Å²) in [6, 6.07) is 8.51. The van der Waals surface area contributed by atoms with Crippen molar-refractivity contribution in [3.63, 3.8) is 0 Å². The lowest BCUT2D eigenvalue weighted by atomic mass is 9.86. The molecule has 0 aliphatic heterocycles. The Morgan fingerprint density at radius 1 is 1.40 bits per heavy atom. The normalized spacial score (nSPS) is 16.5. The molecule has 1 atom stereocenters. The van der Waals surface area contributed by atoms with Crippen LogP contribution in [0.3, 0.4) is 0 Å². The zero-order valence-corrected chi connectivity index (χ0v) is 9.07. The second kappa shape index (κ2) is 4.43. The van der Waals surface area contributed by atoms with Crippen LogP contribution in [0.1, 0.15) is 30.9 Å². The lowest BCUT2D eigenvalue weighted by Crippen LogP contribution is -2.04. The van der Waals surface area contributed by atoms with Crippen LogP contribution in [0.4, 0.5) is 0 Å². The van der Waals surface area contributed by atoms with E-state index in [0.717, 1.165) is 25.5 Å². The molecule has 1 nitrogen and oxygen atoms in total. The van der Waals surface area contributed by atoms with Crippen LogP contribution in [0, 0.1) is 5.92 Å². The van der Waals surface area contributed by atoms with Crippen molar-refractivity contribution in [1.82, 2.24) is 0 Å². The van der Waals surface area contributed by atoms with E-state index in [0.29, 0.717) is 0 Å². The molecule has 0 radical (unpaired) electrons. The highest BCUT2D eigenvalue weighted by molar-refractivity contribution is 5.72. The van der Waals surface area contributed by atoms with E-state index in [4.69, 9.17) is 0 Å². The van der Waals surface area contributed by atoms with Crippen molar-refractivity contribution in [2.24, 2.45) is 5.92 Å². The predicted octanol–water partition coefficient (Wildman–Crippen LogP) is 3.24. The molecule has 0 aromatic heterocycles. The van der Waals surface area contributed by atoms with Crippen LogP contribution in [0.15, 0.2) is 30.3 Å². The molecule has 0 spiro atoms. The Balaban J connectivity index is 2.26. The van der Waals surface area contributed by atoms with Gasteiger partial charge in [-0.15, -0.1) is 0 Å². The minimum atomic E-state index is 0.127. The Kier molecular flexibility index (Phi) is 3.00. The van der Waals surface area contributed by atoms with E-state index in [9.17, 15) is 4.79 Å². The standard InChI is InChI=1S/C14H16O/c1-11(10-15)9-13-7-4-6-12-5-2-3-8-14(12)13/h2-3,5,7-8,10-11H,4,6,9H2,1H3. The fourth-order valence-electron chi connectivity index (χ4n) is 2.15. The molecule has 1 aliphatic rings. The number of hydrogen-bond donors (Lipinski definition) is 0. The van der Waals surface area contributed by atoms with Crippen molar-refractivity contribution in [3.05, 3.63) is 41.5 Å². The first kappa shape index (κ1) is 10.2. The summed E-state index contributed by atoms with van der Waals surface area (Å²) >= 11 is 0. The van der Waals surface area contributed by atoms with Crippen molar-refractivity contribution in [2.45, 2.75) is 26.2 Å². The molecule has 0 heterocycles. The first-order valence-electron chi connectivity index (χ1n) is 5.54. The molecule has 2 rings (SSSR count). The Hall–Kier alpha value is -1.37. The van der Waals surface area contributed by atoms with Gasteiger partial charge in [0.1, 0.15) is 6.29 Å². The van der Waals surface area contributed by atoms with Crippen LogP contribution in [-0.4, -0.2) is 6.29 Å². The largest absolute Gasteiger partial charge is 0.303 e. The molecule has 15 heavy (non-hydrogen) atoms. The second-order valence-electron chi connectivity index (χ2n) is 4.24. The molecule has 0 saturated carbocycles. The predicted molar refractivity (Wildman–Crippen MR) is 62.6 cm³/mol. The van der Waals surface area contributed by atoms with Gasteiger partial charge in [-0.05, 0) is 36.0 Å². The van der Waals surface area contributed by atoms with Crippen molar-refractivity contribution in [1.29, 1.82) is 0 Å². The topological polar surface area (TPSA) is 17.1 Å². The lowest BCUT2D eigenvalue weighted by Gasteiger charge is -2.18. The fourth-order valence-corrected chi connectivity index (χ4v) is 2.15. The summed E-state index contributed by atoms with van der Waals surface area (Å²) in [5, 5.41) is 0. The molecule has 78 valence electrons. The van der Waals surface area contributed by atoms with Crippen LogP contribution < -0.4 is 0 Å². The Morgan fingerprint density at radius 3 is 3.00 bits per heavy atom. The summed E-state index contributed by atoms with van der Waals surface area (Å²) in [5.41, 5.74) is 4.11. The fraction of sp³-hybridized carbons (Fsp3) is 0.357. The van der Waals surface area contributed by atoms with Crippen LogP contribution in [0.2, 0.25) is 0 Å². The average molecular weight is 200 g/mol. The average Bonchev–Trinajstić information content (AvgIpc) is 2.29. The van der Waals surface area contributed by atoms with Gasteiger partial charge in [-0.3, -0.25) is 0 Å². The van der Waals surface area contributed by atoms with Crippen LogP contribution in [0.25, 0.3) is 5.57 Å². The van der Waals surface area contributed by atoms with Gasteiger partial charge in [0.15, 0.2) is 0 Å². The Labute approximate surface area is 90.8 Å². The van der Waals surface area contributed by atoms with E-state index in [1.165, 1.54) is 16.7 Å². The molecule has 0 saturated heterocycles. The number of carbonyl (C=O) groups is 1.